The molecular formula is C8H14N4O2. The van der Waals surface area contributed by atoms with Gasteiger partial charge in [-0.25, -0.2) is 0 Å². The average molecular weight is 198 g/mol. The number of carbonyl (C=O) groups excluding carboxylic acids is 1. The van der Waals surface area contributed by atoms with Gasteiger partial charge in [0.05, 0.1) is 11.9 Å². The lowest BCUT2D eigenvalue weighted by molar-refractivity contribution is -0.120. The standard InChI is InChI=1S/C8H14N4O2/c1-2-3-14-5-7(13)11-8-6(9)4-10-12-8/h4H,2-3,5,9H2,1H3,(H2,10,11,12,13). The minimum atomic E-state index is -0.241. The van der Waals surface area contributed by atoms with E-state index in [-0.39, 0.29) is 12.5 Å². The molecule has 1 heterocycles. The van der Waals surface area contributed by atoms with Crippen molar-refractivity contribution in [3.05, 3.63) is 6.20 Å². The molecule has 6 heteroatoms. The van der Waals surface area contributed by atoms with Crippen LogP contribution in [0.25, 0.3) is 0 Å². The van der Waals surface area contributed by atoms with E-state index in [0.717, 1.165) is 6.42 Å². The van der Waals surface area contributed by atoms with Gasteiger partial charge < -0.3 is 15.8 Å². The number of ether oxygens (including phenoxy) is 1. The predicted molar refractivity (Wildman–Crippen MR) is 52.7 cm³/mol. The molecule has 0 aliphatic carbocycles. The van der Waals surface area contributed by atoms with Crippen molar-refractivity contribution >= 4 is 17.4 Å². The van der Waals surface area contributed by atoms with Gasteiger partial charge in [0.2, 0.25) is 0 Å². The van der Waals surface area contributed by atoms with Crippen molar-refractivity contribution in [3.8, 4) is 0 Å². The average Bonchev–Trinajstić information content (AvgIpc) is 2.52. The maximum atomic E-state index is 11.2. The summed E-state index contributed by atoms with van der Waals surface area (Å²) < 4.78 is 5.05. The number of nitrogens with two attached hydrogens (primary N) is 1. The van der Waals surface area contributed by atoms with Gasteiger partial charge in [-0.2, -0.15) is 5.10 Å². The van der Waals surface area contributed by atoms with Gasteiger partial charge in [-0.3, -0.25) is 9.89 Å². The first kappa shape index (κ1) is 10.5. The van der Waals surface area contributed by atoms with E-state index in [1.807, 2.05) is 6.92 Å². The smallest absolute Gasteiger partial charge is 0.251 e. The molecule has 1 amide bonds. The molecule has 14 heavy (non-hydrogen) atoms. The van der Waals surface area contributed by atoms with E-state index in [1.165, 1.54) is 6.20 Å². The van der Waals surface area contributed by atoms with Crippen molar-refractivity contribution in [3.63, 3.8) is 0 Å². The molecule has 0 aromatic carbocycles. The number of rotatable bonds is 5. The maximum Gasteiger partial charge on any atom is 0.251 e. The molecule has 0 saturated carbocycles. The van der Waals surface area contributed by atoms with Crippen LogP contribution in [0.5, 0.6) is 0 Å². The van der Waals surface area contributed by atoms with Crippen LogP contribution in [0.15, 0.2) is 6.20 Å². The molecule has 4 N–H and O–H groups in total. The Balaban J connectivity index is 2.31. The molecule has 0 saturated heterocycles. The van der Waals surface area contributed by atoms with Crippen LogP contribution < -0.4 is 11.1 Å². The third-order valence-corrected chi connectivity index (χ3v) is 1.51. The molecule has 1 rings (SSSR count). The number of nitrogens with one attached hydrogen (secondary N) is 2. The third kappa shape index (κ3) is 3.06. The quantitative estimate of drug-likeness (QED) is 0.595. The van der Waals surface area contributed by atoms with Gasteiger partial charge >= 0.3 is 0 Å². The van der Waals surface area contributed by atoms with Crippen LogP contribution in [0.1, 0.15) is 13.3 Å². The molecule has 0 unspecified atom stereocenters. The Bertz CT molecular complexity index is 297. The summed E-state index contributed by atoms with van der Waals surface area (Å²) in [6, 6.07) is 0. The Morgan fingerprint density at radius 1 is 1.79 bits per heavy atom. The second kappa shape index (κ2) is 5.23. The van der Waals surface area contributed by atoms with Crippen molar-refractivity contribution < 1.29 is 9.53 Å². The zero-order valence-corrected chi connectivity index (χ0v) is 8.04. The highest BCUT2D eigenvalue weighted by Crippen LogP contribution is 2.11. The number of anilines is 2. The number of carbonyl (C=O) groups is 1. The fraction of sp³-hybridized carbons (Fsp3) is 0.500. The summed E-state index contributed by atoms with van der Waals surface area (Å²) in [6.45, 7) is 2.59. The Hall–Kier alpha value is -1.56. The lowest BCUT2D eigenvalue weighted by Gasteiger charge is -2.03. The zero-order valence-electron chi connectivity index (χ0n) is 8.04. The van der Waals surface area contributed by atoms with Crippen molar-refractivity contribution in [1.29, 1.82) is 0 Å². The minimum Gasteiger partial charge on any atom is -0.394 e. The molecule has 0 spiro atoms. The van der Waals surface area contributed by atoms with Crippen LogP contribution in [0.4, 0.5) is 11.5 Å². The van der Waals surface area contributed by atoms with Crippen molar-refractivity contribution in [2.24, 2.45) is 0 Å². The maximum absolute atomic E-state index is 11.2. The summed E-state index contributed by atoms with van der Waals surface area (Å²) >= 11 is 0. The van der Waals surface area contributed by atoms with Crippen LogP contribution >= 0.6 is 0 Å². The van der Waals surface area contributed by atoms with Crippen LogP contribution in [0.3, 0.4) is 0 Å². The monoisotopic (exact) mass is 198 g/mol. The summed E-state index contributed by atoms with van der Waals surface area (Å²) in [6.07, 6.45) is 2.32. The van der Waals surface area contributed by atoms with E-state index in [4.69, 9.17) is 10.5 Å². The molecule has 0 aliphatic heterocycles. The first-order chi connectivity index (χ1) is 6.74. The molecular weight excluding hydrogens is 184 g/mol. The number of hydrogen-bond donors (Lipinski definition) is 3. The molecule has 1 aromatic heterocycles. The summed E-state index contributed by atoms with van der Waals surface area (Å²) in [5.41, 5.74) is 5.91. The van der Waals surface area contributed by atoms with E-state index in [2.05, 4.69) is 15.5 Å². The number of hydrogen-bond acceptors (Lipinski definition) is 4. The van der Waals surface area contributed by atoms with Crippen molar-refractivity contribution in [2.45, 2.75) is 13.3 Å². The second-order valence-corrected chi connectivity index (χ2v) is 2.80. The summed E-state index contributed by atoms with van der Waals surface area (Å²) in [5, 5.41) is 8.77. The van der Waals surface area contributed by atoms with Gasteiger partial charge in [0.15, 0.2) is 5.82 Å². The summed E-state index contributed by atoms with van der Waals surface area (Å²) in [7, 11) is 0. The van der Waals surface area contributed by atoms with Gasteiger partial charge in [0.1, 0.15) is 6.61 Å². The molecule has 0 fully saturated rings. The van der Waals surface area contributed by atoms with Crippen LogP contribution in [0.2, 0.25) is 0 Å². The van der Waals surface area contributed by atoms with E-state index < -0.39 is 0 Å². The number of aromatic nitrogens is 2. The van der Waals surface area contributed by atoms with E-state index >= 15 is 0 Å². The molecule has 6 nitrogen and oxygen atoms in total. The minimum absolute atomic E-state index is 0.0340. The number of H-pyrrole nitrogens is 1. The Labute approximate surface area is 81.8 Å². The first-order valence-electron chi connectivity index (χ1n) is 4.40. The molecule has 0 bridgehead atoms. The van der Waals surface area contributed by atoms with E-state index in [9.17, 15) is 4.79 Å². The molecule has 1 aromatic rings. The van der Waals surface area contributed by atoms with E-state index in [0.29, 0.717) is 18.1 Å². The second-order valence-electron chi connectivity index (χ2n) is 2.80. The van der Waals surface area contributed by atoms with Crippen LogP contribution in [-0.4, -0.2) is 29.3 Å². The van der Waals surface area contributed by atoms with Gasteiger partial charge in [0, 0.05) is 6.61 Å². The molecule has 0 aliphatic rings. The molecule has 0 radical (unpaired) electrons. The van der Waals surface area contributed by atoms with Crippen molar-refractivity contribution in [1.82, 2.24) is 10.2 Å². The highest BCUT2D eigenvalue weighted by molar-refractivity contribution is 5.93. The normalized spacial score (nSPS) is 10.1. The lowest BCUT2D eigenvalue weighted by Crippen LogP contribution is -2.19. The largest absolute Gasteiger partial charge is 0.394 e. The van der Waals surface area contributed by atoms with Crippen LogP contribution in [-0.2, 0) is 9.53 Å². The highest BCUT2D eigenvalue weighted by atomic mass is 16.5. The Morgan fingerprint density at radius 2 is 2.57 bits per heavy atom. The van der Waals surface area contributed by atoms with Crippen LogP contribution in [0, 0.1) is 0 Å². The first-order valence-corrected chi connectivity index (χ1v) is 4.40. The lowest BCUT2D eigenvalue weighted by atomic mass is 10.5. The molecule has 78 valence electrons. The number of amides is 1. The Morgan fingerprint density at radius 3 is 3.14 bits per heavy atom. The molecule has 0 atom stereocenters. The summed E-state index contributed by atoms with van der Waals surface area (Å²) in [4.78, 5) is 11.2. The summed E-state index contributed by atoms with van der Waals surface area (Å²) in [5.74, 6) is 0.171. The number of nitrogens with zero attached hydrogens (tertiary/aromatic N) is 1. The van der Waals surface area contributed by atoms with Crippen molar-refractivity contribution in [2.75, 3.05) is 24.3 Å². The SMILES string of the molecule is CCCOCC(=O)Nc1[nH]ncc1N. The topological polar surface area (TPSA) is 93.0 Å². The third-order valence-electron chi connectivity index (χ3n) is 1.51. The number of nitrogen functional groups attached to an aromatic ring is 1. The zero-order chi connectivity index (χ0) is 10.4. The predicted octanol–water partition coefficient (Wildman–Crippen LogP) is 0.357. The Kier molecular flexibility index (Phi) is 3.93. The van der Waals surface area contributed by atoms with E-state index in [1.54, 1.807) is 0 Å². The number of aromatic amines is 1. The van der Waals surface area contributed by atoms with Gasteiger partial charge in [0.25, 0.3) is 5.91 Å². The fourth-order valence-corrected chi connectivity index (χ4v) is 0.880. The highest BCUT2D eigenvalue weighted by Gasteiger charge is 2.05. The van der Waals surface area contributed by atoms with Gasteiger partial charge in [-0.15, -0.1) is 0 Å². The van der Waals surface area contributed by atoms with Gasteiger partial charge in [-0.05, 0) is 6.42 Å². The fourth-order valence-electron chi connectivity index (χ4n) is 0.880. The van der Waals surface area contributed by atoms with Gasteiger partial charge in [-0.1, -0.05) is 6.92 Å².